The van der Waals surface area contributed by atoms with E-state index in [1.54, 1.807) is 30.3 Å². The summed E-state index contributed by atoms with van der Waals surface area (Å²) >= 11 is 0. The summed E-state index contributed by atoms with van der Waals surface area (Å²) in [6, 6.07) is 12.7. The first kappa shape index (κ1) is 21.8. The maximum atomic E-state index is 13.9. The van der Waals surface area contributed by atoms with Crippen molar-refractivity contribution in [2.45, 2.75) is 58.0 Å². The number of nitrogens with one attached hydrogen (secondary N) is 1. The molecule has 0 spiro atoms. The van der Waals surface area contributed by atoms with Crippen molar-refractivity contribution >= 4 is 17.7 Å². The van der Waals surface area contributed by atoms with Crippen molar-refractivity contribution in [2.24, 2.45) is 5.92 Å². The molecule has 1 saturated carbocycles. The van der Waals surface area contributed by atoms with E-state index in [0.717, 1.165) is 19.3 Å². The van der Waals surface area contributed by atoms with Gasteiger partial charge >= 0.3 is 6.09 Å². The van der Waals surface area contributed by atoms with Gasteiger partial charge in [0, 0.05) is 11.7 Å². The van der Waals surface area contributed by atoms with Gasteiger partial charge < -0.3 is 15.3 Å². The van der Waals surface area contributed by atoms with Crippen LogP contribution in [0.5, 0.6) is 0 Å². The quantitative estimate of drug-likeness (QED) is 0.593. The highest BCUT2D eigenvalue weighted by molar-refractivity contribution is 6.04. The van der Waals surface area contributed by atoms with Crippen LogP contribution in [0.15, 0.2) is 48.5 Å². The number of para-hydroxylation sites is 1. The molecular weight excluding hydrogens is 383 g/mol. The van der Waals surface area contributed by atoms with Crippen molar-refractivity contribution in [3.63, 3.8) is 0 Å². The summed E-state index contributed by atoms with van der Waals surface area (Å²) in [5, 5.41) is 12.5. The third-order valence-electron chi connectivity index (χ3n) is 5.90. The lowest BCUT2D eigenvalue weighted by Gasteiger charge is -2.31. The molecule has 0 aliphatic heterocycles. The highest BCUT2D eigenvalue weighted by Crippen LogP contribution is 2.29. The Morgan fingerprint density at radius 2 is 1.77 bits per heavy atom. The second-order valence-electron chi connectivity index (χ2n) is 8.09. The molecule has 1 aliphatic rings. The van der Waals surface area contributed by atoms with E-state index in [2.05, 4.69) is 5.32 Å². The molecule has 0 saturated heterocycles. The van der Waals surface area contributed by atoms with Crippen LogP contribution >= 0.6 is 0 Å². The minimum atomic E-state index is -0.978. The normalized spacial score (nSPS) is 15.4. The van der Waals surface area contributed by atoms with Gasteiger partial charge in [-0.2, -0.15) is 0 Å². The molecule has 2 aromatic rings. The SMILES string of the molecule is CC(CC1CCCCC1)N(Cc1ccccc1NC(=O)c1ccccc1F)C(=O)O. The first-order valence-corrected chi connectivity index (χ1v) is 10.6. The molecule has 5 nitrogen and oxygen atoms in total. The number of nitrogens with zero attached hydrogens (tertiary/aromatic N) is 1. The molecular formula is C24H29FN2O3. The van der Waals surface area contributed by atoms with E-state index in [9.17, 15) is 19.1 Å². The lowest BCUT2D eigenvalue weighted by atomic mass is 9.85. The number of rotatable bonds is 7. The minimum Gasteiger partial charge on any atom is -0.465 e. The molecule has 0 bridgehead atoms. The number of benzene rings is 2. The van der Waals surface area contributed by atoms with E-state index in [1.165, 1.54) is 42.4 Å². The van der Waals surface area contributed by atoms with Crippen LogP contribution in [0.1, 0.15) is 61.4 Å². The van der Waals surface area contributed by atoms with Crippen LogP contribution in [0.25, 0.3) is 0 Å². The molecule has 1 unspecified atom stereocenters. The summed E-state index contributed by atoms with van der Waals surface area (Å²) in [5.74, 6) is -0.593. The van der Waals surface area contributed by atoms with Gasteiger partial charge in [-0.25, -0.2) is 9.18 Å². The average Bonchev–Trinajstić information content (AvgIpc) is 2.73. The summed E-state index contributed by atoms with van der Waals surface area (Å²) < 4.78 is 13.9. The fraction of sp³-hybridized carbons (Fsp3) is 0.417. The standard InChI is InChI=1S/C24H29FN2O3/c1-17(15-18-9-3-2-4-10-18)27(24(29)30)16-19-11-5-8-14-22(19)26-23(28)20-12-6-7-13-21(20)25/h5-8,11-14,17-18H,2-4,9-10,15-16H2,1H3,(H,26,28)(H,29,30). The number of hydrogen-bond donors (Lipinski definition) is 2. The maximum absolute atomic E-state index is 13.9. The third kappa shape index (κ3) is 5.59. The Morgan fingerprint density at radius 3 is 2.47 bits per heavy atom. The topological polar surface area (TPSA) is 69.6 Å². The molecule has 0 heterocycles. The van der Waals surface area contributed by atoms with Crippen molar-refractivity contribution in [3.8, 4) is 0 Å². The zero-order chi connectivity index (χ0) is 21.5. The van der Waals surface area contributed by atoms with Gasteiger partial charge in [0.2, 0.25) is 0 Å². The van der Waals surface area contributed by atoms with Crippen LogP contribution in [0.3, 0.4) is 0 Å². The fourth-order valence-electron chi connectivity index (χ4n) is 4.24. The van der Waals surface area contributed by atoms with Crippen LogP contribution in [0.4, 0.5) is 14.9 Å². The zero-order valence-corrected chi connectivity index (χ0v) is 17.3. The number of carbonyl (C=O) groups excluding carboxylic acids is 1. The molecule has 1 aliphatic carbocycles. The van der Waals surface area contributed by atoms with E-state index in [4.69, 9.17) is 0 Å². The highest BCUT2D eigenvalue weighted by atomic mass is 19.1. The average molecular weight is 413 g/mol. The third-order valence-corrected chi connectivity index (χ3v) is 5.90. The van der Waals surface area contributed by atoms with Gasteiger partial charge in [-0.05, 0) is 43.0 Å². The Balaban J connectivity index is 1.73. The van der Waals surface area contributed by atoms with E-state index < -0.39 is 17.8 Å². The van der Waals surface area contributed by atoms with Crippen LogP contribution in [0, 0.1) is 11.7 Å². The van der Waals surface area contributed by atoms with Crippen LogP contribution in [0.2, 0.25) is 0 Å². The zero-order valence-electron chi connectivity index (χ0n) is 17.3. The second-order valence-corrected chi connectivity index (χ2v) is 8.09. The molecule has 3 rings (SSSR count). The smallest absolute Gasteiger partial charge is 0.407 e. The van der Waals surface area contributed by atoms with Crippen molar-refractivity contribution in [2.75, 3.05) is 5.32 Å². The summed E-state index contributed by atoms with van der Waals surface area (Å²) in [6.07, 6.45) is 5.89. The van der Waals surface area contributed by atoms with E-state index >= 15 is 0 Å². The first-order chi connectivity index (χ1) is 14.5. The van der Waals surface area contributed by atoms with Gasteiger partial charge in [-0.1, -0.05) is 62.4 Å². The Bertz CT molecular complexity index is 880. The number of carboxylic acid groups (broad SMARTS) is 1. The van der Waals surface area contributed by atoms with Crippen molar-refractivity contribution < 1.29 is 19.1 Å². The predicted molar refractivity (Wildman–Crippen MR) is 115 cm³/mol. The molecule has 2 amide bonds. The Kier molecular flexibility index (Phi) is 7.44. The molecule has 2 N–H and O–H groups in total. The fourth-order valence-corrected chi connectivity index (χ4v) is 4.24. The molecule has 6 heteroatoms. The number of hydrogen-bond acceptors (Lipinski definition) is 2. The Morgan fingerprint density at radius 1 is 1.10 bits per heavy atom. The number of carbonyl (C=O) groups is 2. The van der Waals surface area contributed by atoms with Gasteiger partial charge in [-0.15, -0.1) is 0 Å². The predicted octanol–water partition coefficient (Wildman–Crippen LogP) is 5.92. The molecule has 1 atom stereocenters. The van der Waals surface area contributed by atoms with E-state index in [1.807, 2.05) is 6.92 Å². The largest absolute Gasteiger partial charge is 0.465 e. The summed E-state index contributed by atoms with van der Waals surface area (Å²) in [5.41, 5.74) is 1.12. The van der Waals surface area contributed by atoms with Crippen LogP contribution in [-0.4, -0.2) is 28.0 Å². The summed E-state index contributed by atoms with van der Waals surface area (Å²) in [6.45, 7) is 2.11. The molecule has 160 valence electrons. The second kappa shape index (κ2) is 10.2. The van der Waals surface area contributed by atoms with Gasteiger partial charge in [0.15, 0.2) is 0 Å². The summed E-state index contributed by atoms with van der Waals surface area (Å²) in [7, 11) is 0. The van der Waals surface area contributed by atoms with Crippen LogP contribution in [-0.2, 0) is 6.54 Å². The number of halogens is 1. The van der Waals surface area contributed by atoms with Crippen molar-refractivity contribution in [3.05, 3.63) is 65.5 Å². The Labute approximate surface area is 176 Å². The lowest BCUT2D eigenvalue weighted by Crippen LogP contribution is -2.38. The summed E-state index contributed by atoms with van der Waals surface area (Å²) in [4.78, 5) is 25.9. The molecule has 30 heavy (non-hydrogen) atoms. The van der Waals surface area contributed by atoms with Crippen LogP contribution < -0.4 is 5.32 Å². The van der Waals surface area contributed by atoms with Crippen molar-refractivity contribution in [1.82, 2.24) is 4.90 Å². The van der Waals surface area contributed by atoms with E-state index in [-0.39, 0.29) is 18.2 Å². The molecule has 2 aromatic carbocycles. The molecule has 0 radical (unpaired) electrons. The monoisotopic (exact) mass is 412 g/mol. The van der Waals surface area contributed by atoms with Gasteiger partial charge in [-0.3, -0.25) is 4.79 Å². The number of anilines is 1. The Hall–Kier alpha value is -2.89. The first-order valence-electron chi connectivity index (χ1n) is 10.6. The van der Waals surface area contributed by atoms with E-state index in [0.29, 0.717) is 17.2 Å². The number of amides is 2. The van der Waals surface area contributed by atoms with Crippen molar-refractivity contribution in [1.29, 1.82) is 0 Å². The van der Waals surface area contributed by atoms with Gasteiger partial charge in [0.1, 0.15) is 5.82 Å². The van der Waals surface area contributed by atoms with Gasteiger partial charge in [0.25, 0.3) is 5.91 Å². The maximum Gasteiger partial charge on any atom is 0.407 e. The highest BCUT2D eigenvalue weighted by Gasteiger charge is 2.25. The lowest BCUT2D eigenvalue weighted by molar-refractivity contribution is 0.102. The minimum absolute atomic E-state index is 0.0481. The molecule has 1 fully saturated rings. The van der Waals surface area contributed by atoms with Gasteiger partial charge in [0.05, 0.1) is 12.1 Å². The molecule has 0 aromatic heterocycles.